The fourth-order valence-electron chi connectivity index (χ4n) is 1.45. The summed E-state index contributed by atoms with van der Waals surface area (Å²) in [7, 11) is -3.51. The van der Waals surface area contributed by atoms with Gasteiger partial charge in [0.2, 0.25) is 0 Å². The van der Waals surface area contributed by atoms with E-state index < -0.39 is 27.5 Å². The zero-order valence-electron chi connectivity index (χ0n) is 9.94. The predicted octanol–water partition coefficient (Wildman–Crippen LogP) is 0.126. The fraction of sp³-hybridized carbons (Fsp3) is 0.455. The monoisotopic (exact) mass is 273 g/mol. The Morgan fingerprint density at radius 3 is 2.67 bits per heavy atom. The van der Waals surface area contributed by atoms with E-state index in [2.05, 4.69) is 0 Å². The lowest BCUT2D eigenvalue weighted by Crippen LogP contribution is -2.28. The molecule has 6 nitrogen and oxygen atoms in total. The molecule has 1 aromatic rings. The van der Waals surface area contributed by atoms with Crippen molar-refractivity contribution in [1.82, 2.24) is 4.57 Å². The first kappa shape index (κ1) is 14.4. The average molecular weight is 273 g/mol. The molecule has 0 radical (unpaired) electrons. The molecule has 100 valence electrons. The largest absolute Gasteiger partial charge is 0.481 e. The minimum absolute atomic E-state index is 0.0337. The van der Waals surface area contributed by atoms with Crippen LogP contribution < -0.4 is 5.56 Å². The number of carboxylic acids is 1. The third kappa shape index (κ3) is 3.99. The molecule has 1 heterocycles. The number of nitrogens with zero attached hydrogens (tertiary/aromatic N) is 1. The molecule has 7 heteroatoms. The van der Waals surface area contributed by atoms with Gasteiger partial charge < -0.3 is 9.67 Å². The minimum Gasteiger partial charge on any atom is -0.481 e. The molecule has 0 aromatic carbocycles. The highest BCUT2D eigenvalue weighted by Crippen LogP contribution is 2.07. The molecule has 0 spiro atoms. The van der Waals surface area contributed by atoms with Crippen molar-refractivity contribution in [3.8, 4) is 0 Å². The van der Waals surface area contributed by atoms with Gasteiger partial charge in [-0.05, 0) is 13.0 Å². The lowest BCUT2D eigenvalue weighted by Gasteiger charge is -2.11. The molecule has 1 N–H and O–H groups in total. The van der Waals surface area contributed by atoms with Gasteiger partial charge in [-0.2, -0.15) is 0 Å². The molecule has 0 fully saturated rings. The van der Waals surface area contributed by atoms with Gasteiger partial charge in [0.25, 0.3) is 5.56 Å². The number of rotatable bonds is 6. The van der Waals surface area contributed by atoms with Crippen LogP contribution in [0, 0.1) is 0 Å². The normalized spacial score (nSPS) is 13.2. The van der Waals surface area contributed by atoms with Gasteiger partial charge >= 0.3 is 5.97 Å². The number of aliphatic carboxylic acids is 1. The Kier molecular flexibility index (Phi) is 4.66. The van der Waals surface area contributed by atoms with E-state index in [1.54, 1.807) is 12.1 Å². The highest BCUT2D eigenvalue weighted by Gasteiger charge is 2.23. The second-order valence-corrected chi connectivity index (χ2v) is 6.55. The fourth-order valence-corrected chi connectivity index (χ4v) is 2.70. The molecule has 0 amide bonds. The van der Waals surface area contributed by atoms with Gasteiger partial charge in [0.05, 0.1) is 17.4 Å². The average Bonchev–Trinajstić information content (AvgIpc) is 2.27. The number of carbonyl (C=O) groups is 1. The number of sulfone groups is 1. The van der Waals surface area contributed by atoms with Crippen molar-refractivity contribution in [2.45, 2.75) is 25.1 Å². The first-order valence-electron chi connectivity index (χ1n) is 5.42. The second-order valence-electron chi connectivity index (χ2n) is 4.01. The zero-order chi connectivity index (χ0) is 13.8. The molecule has 0 saturated heterocycles. The first-order valence-corrected chi connectivity index (χ1v) is 7.13. The third-order valence-electron chi connectivity index (χ3n) is 2.59. The number of aromatic nitrogens is 1. The van der Waals surface area contributed by atoms with Crippen LogP contribution in [0.4, 0.5) is 0 Å². The zero-order valence-corrected chi connectivity index (χ0v) is 10.8. The summed E-state index contributed by atoms with van der Waals surface area (Å²) in [6.45, 7) is 1.39. The second kappa shape index (κ2) is 5.81. The quantitative estimate of drug-likeness (QED) is 0.795. The molecule has 0 aliphatic heterocycles. The lowest BCUT2D eigenvalue weighted by atomic mass is 10.3. The van der Waals surface area contributed by atoms with Crippen LogP contribution in [-0.2, 0) is 21.2 Å². The van der Waals surface area contributed by atoms with Crippen LogP contribution in [0.25, 0.3) is 0 Å². The SMILES string of the molecule is CC(CC(=O)O)S(=O)(=O)CCn1ccccc1=O. The number of carboxylic acid groups (broad SMARTS) is 1. The van der Waals surface area contributed by atoms with Crippen molar-refractivity contribution in [2.75, 3.05) is 5.75 Å². The van der Waals surface area contributed by atoms with E-state index in [4.69, 9.17) is 5.11 Å². The summed E-state index contributed by atoms with van der Waals surface area (Å²) in [6, 6.07) is 4.54. The summed E-state index contributed by atoms with van der Waals surface area (Å²) in [5, 5.41) is 7.61. The van der Waals surface area contributed by atoms with Gasteiger partial charge in [-0.15, -0.1) is 0 Å². The number of aryl methyl sites for hydroxylation is 1. The van der Waals surface area contributed by atoms with Crippen molar-refractivity contribution >= 4 is 15.8 Å². The smallest absolute Gasteiger partial charge is 0.304 e. The molecule has 0 aliphatic carbocycles. The summed E-state index contributed by atoms with van der Waals surface area (Å²) < 4.78 is 24.8. The molecule has 1 aromatic heterocycles. The van der Waals surface area contributed by atoms with Crippen molar-refractivity contribution in [1.29, 1.82) is 0 Å². The number of pyridine rings is 1. The standard InChI is InChI=1S/C11H15NO5S/c1-9(8-11(14)15)18(16,17)7-6-12-5-3-2-4-10(12)13/h2-5,9H,6-8H2,1H3,(H,14,15). The van der Waals surface area contributed by atoms with Gasteiger partial charge in [-0.1, -0.05) is 6.07 Å². The van der Waals surface area contributed by atoms with Crippen molar-refractivity contribution in [3.05, 3.63) is 34.7 Å². The summed E-state index contributed by atoms with van der Waals surface area (Å²) >= 11 is 0. The van der Waals surface area contributed by atoms with E-state index in [-0.39, 0.29) is 17.9 Å². The van der Waals surface area contributed by atoms with E-state index >= 15 is 0 Å². The van der Waals surface area contributed by atoms with Crippen molar-refractivity contribution in [3.63, 3.8) is 0 Å². The lowest BCUT2D eigenvalue weighted by molar-refractivity contribution is -0.136. The van der Waals surface area contributed by atoms with Crippen LogP contribution in [0.15, 0.2) is 29.2 Å². The summed E-state index contributed by atoms with van der Waals surface area (Å²) in [5.41, 5.74) is -0.279. The molecule has 1 rings (SSSR count). The molecular formula is C11H15NO5S. The Labute approximate surface area is 105 Å². The van der Waals surface area contributed by atoms with Gasteiger partial charge in [0, 0.05) is 18.8 Å². The van der Waals surface area contributed by atoms with Gasteiger partial charge in [-0.3, -0.25) is 9.59 Å². The highest BCUT2D eigenvalue weighted by molar-refractivity contribution is 7.92. The molecule has 0 saturated carbocycles. The Morgan fingerprint density at radius 2 is 2.11 bits per heavy atom. The Balaban J connectivity index is 2.71. The van der Waals surface area contributed by atoms with E-state index in [0.717, 1.165) is 0 Å². The summed E-state index contributed by atoms with van der Waals surface area (Å²) in [6.07, 6.45) is 1.08. The molecule has 1 unspecified atom stereocenters. The molecular weight excluding hydrogens is 258 g/mol. The van der Waals surface area contributed by atoms with E-state index in [1.807, 2.05) is 0 Å². The Bertz CT molecular complexity index is 575. The Morgan fingerprint density at radius 1 is 1.44 bits per heavy atom. The molecule has 0 aliphatic rings. The maximum atomic E-state index is 11.8. The minimum atomic E-state index is -3.51. The summed E-state index contributed by atoms with van der Waals surface area (Å²) in [4.78, 5) is 21.8. The molecule has 18 heavy (non-hydrogen) atoms. The molecule has 0 bridgehead atoms. The maximum absolute atomic E-state index is 11.8. The Hall–Kier alpha value is -1.63. The van der Waals surface area contributed by atoms with Crippen LogP contribution in [0.2, 0.25) is 0 Å². The van der Waals surface area contributed by atoms with Crippen LogP contribution in [-0.4, -0.2) is 35.1 Å². The van der Waals surface area contributed by atoms with Crippen molar-refractivity contribution < 1.29 is 18.3 Å². The van der Waals surface area contributed by atoms with Crippen LogP contribution in [0.3, 0.4) is 0 Å². The van der Waals surface area contributed by atoms with E-state index in [9.17, 15) is 18.0 Å². The van der Waals surface area contributed by atoms with Crippen LogP contribution >= 0.6 is 0 Å². The third-order valence-corrected chi connectivity index (χ3v) is 4.74. The number of hydrogen-bond donors (Lipinski definition) is 1. The maximum Gasteiger partial charge on any atom is 0.304 e. The topological polar surface area (TPSA) is 93.4 Å². The van der Waals surface area contributed by atoms with Crippen LogP contribution in [0.1, 0.15) is 13.3 Å². The predicted molar refractivity (Wildman–Crippen MR) is 66.2 cm³/mol. The van der Waals surface area contributed by atoms with Crippen LogP contribution in [0.5, 0.6) is 0 Å². The van der Waals surface area contributed by atoms with Gasteiger partial charge in [-0.25, -0.2) is 8.42 Å². The number of hydrogen-bond acceptors (Lipinski definition) is 4. The van der Waals surface area contributed by atoms with Gasteiger partial charge in [0.1, 0.15) is 0 Å². The van der Waals surface area contributed by atoms with E-state index in [1.165, 1.54) is 23.8 Å². The van der Waals surface area contributed by atoms with Crippen molar-refractivity contribution in [2.24, 2.45) is 0 Å². The molecule has 1 atom stereocenters. The highest BCUT2D eigenvalue weighted by atomic mass is 32.2. The van der Waals surface area contributed by atoms with Gasteiger partial charge in [0.15, 0.2) is 9.84 Å². The first-order chi connectivity index (χ1) is 8.33. The summed E-state index contributed by atoms with van der Waals surface area (Å²) in [5.74, 6) is -1.39. The van der Waals surface area contributed by atoms with E-state index in [0.29, 0.717) is 0 Å².